The van der Waals surface area contributed by atoms with Crippen molar-refractivity contribution >= 4 is 23.4 Å². The van der Waals surface area contributed by atoms with Gasteiger partial charge < -0.3 is 10.1 Å². The molecule has 2 rings (SSSR count). The standard InChI is InChI=1S/C16H19N3O2S/c1-2-3-9-22-12-15(20)19-13-5-4-6-14(10-13)21-16-11-17-7-8-18-16/h4-8,10-11H,2-3,9,12H2,1H3,(H,19,20). The monoisotopic (exact) mass is 317 g/mol. The molecule has 0 bridgehead atoms. The molecule has 0 aliphatic heterocycles. The van der Waals surface area contributed by atoms with Crippen LogP contribution in [0.15, 0.2) is 42.9 Å². The van der Waals surface area contributed by atoms with E-state index in [4.69, 9.17) is 4.74 Å². The Kier molecular flexibility index (Phi) is 6.70. The van der Waals surface area contributed by atoms with Crippen LogP contribution in [0.4, 0.5) is 5.69 Å². The van der Waals surface area contributed by atoms with Gasteiger partial charge in [0.25, 0.3) is 0 Å². The van der Waals surface area contributed by atoms with Gasteiger partial charge in [-0.1, -0.05) is 19.4 Å². The van der Waals surface area contributed by atoms with Gasteiger partial charge in [-0.2, -0.15) is 11.8 Å². The van der Waals surface area contributed by atoms with Crippen molar-refractivity contribution in [2.24, 2.45) is 0 Å². The van der Waals surface area contributed by atoms with Gasteiger partial charge in [0.2, 0.25) is 11.8 Å². The number of thioether (sulfide) groups is 1. The van der Waals surface area contributed by atoms with Crippen molar-refractivity contribution in [2.75, 3.05) is 16.8 Å². The number of carbonyl (C=O) groups is 1. The molecule has 0 aliphatic carbocycles. The first-order valence-electron chi connectivity index (χ1n) is 7.19. The summed E-state index contributed by atoms with van der Waals surface area (Å²) in [5, 5.41) is 2.87. The van der Waals surface area contributed by atoms with Gasteiger partial charge in [-0.3, -0.25) is 9.78 Å². The van der Waals surface area contributed by atoms with Crippen molar-refractivity contribution in [1.29, 1.82) is 0 Å². The summed E-state index contributed by atoms with van der Waals surface area (Å²) in [6.07, 6.45) is 6.97. The first kappa shape index (κ1) is 16.3. The first-order chi connectivity index (χ1) is 10.8. The maximum Gasteiger partial charge on any atom is 0.237 e. The summed E-state index contributed by atoms with van der Waals surface area (Å²) >= 11 is 1.65. The molecule has 0 saturated heterocycles. The largest absolute Gasteiger partial charge is 0.437 e. The number of ether oxygens (including phenoxy) is 1. The van der Waals surface area contributed by atoms with Crippen molar-refractivity contribution in [3.63, 3.8) is 0 Å². The first-order valence-corrected chi connectivity index (χ1v) is 8.35. The molecule has 0 saturated carbocycles. The number of aromatic nitrogens is 2. The molecular weight excluding hydrogens is 298 g/mol. The van der Waals surface area contributed by atoms with Gasteiger partial charge in [0.1, 0.15) is 5.75 Å². The van der Waals surface area contributed by atoms with Crippen LogP contribution in [0.2, 0.25) is 0 Å². The fraction of sp³-hybridized carbons (Fsp3) is 0.312. The van der Waals surface area contributed by atoms with Crippen molar-refractivity contribution in [3.05, 3.63) is 42.9 Å². The Bertz CT molecular complexity index is 593. The third-order valence-electron chi connectivity index (χ3n) is 2.76. The summed E-state index contributed by atoms with van der Waals surface area (Å²) in [5.41, 5.74) is 0.711. The molecule has 22 heavy (non-hydrogen) atoms. The summed E-state index contributed by atoms with van der Waals surface area (Å²) in [6, 6.07) is 7.23. The third kappa shape index (κ3) is 5.73. The van der Waals surface area contributed by atoms with E-state index >= 15 is 0 Å². The second-order valence-corrected chi connectivity index (χ2v) is 5.73. The molecule has 0 fully saturated rings. The Labute approximate surface area is 134 Å². The molecule has 116 valence electrons. The van der Waals surface area contributed by atoms with E-state index < -0.39 is 0 Å². The van der Waals surface area contributed by atoms with E-state index in [2.05, 4.69) is 22.2 Å². The zero-order valence-corrected chi connectivity index (χ0v) is 13.3. The zero-order valence-electron chi connectivity index (χ0n) is 12.5. The predicted octanol–water partition coefficient (Wildman–Crippen LogP) is 3.74. The number of unbranched alkanes of at least 4 members (excludes halogenated alkanes) is 1. The minimum absolute atomic E-state index is 0.00208. The van der Waals surface area contributed by atoms with E-state index in [0.29, 0.717) is 23.1 Å². The number of hydrogen-bond acceptors (Lipinski definition) is 5. The predicted molar refractivity (Wildman–Crippen MR) is 89.4 cm³/mol. The van der Waals surface area contributed by atoms with Gasteiger partial charge in [-0.25, -0.2) is 4.98 Å². The van der Waals surface area contributed by atoms with Gasteiger partial charge in [0, 0.05) is 24.1 Å². The summed E-state index contributed by atoms with van der Waals surface area (Å²) in [7, 11) is 0. The summed E-state index contributed by atoms with van der Waals surface area (Å²) in [4.78, 5) is 19.8. The molecule has 1 heterocycles. The molecule has 1 N–H and O–H groups in total. The van der Waals surface area contributed by atoms with Crippen LogP contribution in [0.5, 0.6) is 11.6 Å². The van der Waals surface area contributed by atoms with Gasteiger partial charge in [0.15, 0.2) is 0 Å². The minimum Gasteiger partial charge on any atom is -0.437 e. The number of anilines is 1. The van der Waals surface area contributed by atoms with Crippen molar-refractivity contribution in [2.45, 2.75) is 19.8 Å². The average molecular weight is 317 g/mol. The lowest BCUT2D eigenvalue weighted by Gasteiger charge is -2.08. The van der Waals surface area contributed by atoms with Crippen LogP contribution in [0.1, 0.15) is 19.8 Å². The highest BCUT2D eigenvalue weighted by atomic mass is 32.2. The maximum absolute atomic E-state index is 11.9. The van der Waals surface area contributed by atoms with E-state index in [1.54, 1.807) is 36.3 Å². The van der Waals surface area contributed by atoms with Gasteiger partial charge in [-0.15, -0.1) is 0 Å². The Hall–Kier alpha value is -2.08. The van der Waals surface area contributed by atoms with Crippen LogP contribution < -0.4 is 10.1 Å². The van der Waals surface area contributed by atoms with E-state index in [9.17, 15) is 4.79 Å². The molecule has 0 radical (unpaired) electrons. The number of nitrogens with one attached hydrogen (secondary N) is 1. The Balaban J connectivity index is 1.87. The third-order valence-corrected chi connectivity index (χ3v) is 3.80. The highest BCUT2D eigenvalue weighted by Crippen LogP contribution is 2.22. The summed E-state index contributed by atoms with van der Waals surface area (Å²) in [5.74, 6) is 2.51. The summed E-state index contributed by atoms with van der Waals surface area (Å²) < 4.78 is 5.58. The second-order valence-electron chi connectivity index (χ2n) is 4.63. The van der Waals surface area contributed by atoms with Crippen molar-refractivity contribution in [3.8, 4) is 11.6 Å². The highest BCUT2D eigenvalue weighted by molar-refractivity contribution is 7.99. The number of amides is 1. The van der Waals surface area contributed by atoms with Crippen LogP contribution >= 0.6 is 11.8 Å². The topological polar surface area (TPSA) is 64.1 Å². The lowest BCUT2D eigenvalue weighted by Crippen LogP contribution is -2.14. The second kappa shape index (κ2) is 9.04. The molecule has 6 heteroatoms. The molecule has 0 atom stereocenters. The van der Waals surface area contributed by atoms with E-state index in [-0.39, 0.29) is 5.91 Å². The molecule has 5 nitrogen and oxygen atoms in total. The lowest BCUT2D eigenvalue weighted by atomic mass is 10.3. The number of rotatable bonds is 8. The van der Waals surface area contributed by atoms with Gasteiger partial charge in [0.05, 0.1) is 11.9 Å². The fourth-order valence-corrected chi connectivity index (χ4v) is 2.60. The molecule has 1 aromatic carbocycles. The number of benzene rings is 1. The molecule has 0 unspecified atom stereocenters. The Morgan fingerprint density at radius 3 is 3.05 bits per heavy atom. The lowest BCUT2D eigenvalue weighted by molar-refractivity contribution is -0.113. The minimum atomic E-state index is -0.00208. The number of hydrogen-bond donors (Lipinski definition) is 1. The SMILES string of the molecule is CCCCSCC(=O)Nc1cccc(Oc2cnccn2)c1. The molecule has 0 aliphatic rings. The van der Waals surface area contributed by atoms with E-state index in [0.717, 1.165) is 18.6 Å². The zero-order chi connectivity index (χ0) is 15.6. The average Bonchev–Trinajstić information content (AvgIpc) is 2.53. The smallest absolute Gasteiger partial charge is 0.237 e. The molecule has 2 aromatic rings. The van der Waals surface area contributed by atoms with Crippen molar-refractivity contribution < 1.29 is 9.53 Å². The summed E-state index contributed by atoms with van der Waals surface area (Å²) in [6.45, 7) is 2.14. The van der Waals surface area contributed by atoms with Crippen LogP contribution in [0.3, 0.4) is 0 Å². The highest BCUT2D eigenvalue weighted by Gasteiger charge is 2.04. The Morgan fingerprint density at radius 1 is 1.36 bits per heavy atom. The van der Waals surface area contributed by atoms with E-state index in [1.165, 1.54) is 6.20 Å². The molecule has 1 aromatic heterocycles. The maximum atomic E-state index is 11.9. The molecule has 1 amide bonds. The fourth-order valence-electron chi connectivity index (χ4n) is 1.70. The molecular formula is C16H19N3O2S. The number of nitrogens with zero attached hydrogens (tertiary/aromatic N) is 2. The van der Waals surface area contributed by atoms with Crippen LogP contribution in [-0.2, 0) is 4.79 Å². The van der Waals surface area contributed by atoms with Crippen LogP contribution in [0.25, 0.3) is 0 Å². The molecule has 0 spiro atoms. The quantitative estimate of drug-likeness (QED) is 0.751. The van der Waals surface area contributed by atoms with E-state index in [1.807, 2.05) is 12.1 Å². The Morgan fingerprint density at radius 2 is 2.27 bits per heavy atom. The van der Waals surface area contributed by atoms with Gasteiger partial charge >= 0.3 is 0 Å². The van der Waals surface area contributed by atoms with Crippen LogP contribution in [-0.4, -0.2) is 27.4 Å². The number of carbonyl (C=O) groups excluding carboxylic acids is 1. The normalized spacial score (nSPS) is 10.2. The van der Waals surface area contributed by atoms with Gasteiger partial charge in [-0.05, 0) is 24.3 Å². The van der Waals surface area contributed by atoms with Crippen molar-refractivity contribution in [1.82, 2.24) is 9.97 Å². The van der Waals surface area contributed by atoms with Crippen LogP contribution in [0, 0.1) is 0 Å².